The van der Waals surface area contributed by atoms with Crippen LogP contribution in [-0.2, 0) is 4.74 Å². The Kier molecular flexibility index (Phi) is 5.27. The highest BCUT2D eigenvalue weighted by Crippen LogP contribution is 2.32. The number of carbonyl (C=O) groups excluding carboxylic acids is 1. The number of rotatable bonds is 2. The van der Waals surface area contributed by atoms with Crippen LogP contribution in [0, 0.1) is 13.8 Å². The molecule has 1 unspecified atom stereocenters. The lowest BCUT2D eigenvalue weighted by Gasteiger charge is -2.28. The van der Waals surface area contributed by atoms with E-state index in [4.69, 9.17) is 9.73 Å². The van der Waals surface area contributed by atoms with Crippen LogP contribution in [0.2, 0.25) is 0 Å². The van der Waals surface area contributed by atoms with E-state index < -0.39 is 5.60 Å². The lowest BCUT2D eigenvalue weighted by molar-refractivity contribution is 0.0265. The number of aryl methyl sites for hydroxylation is 2. The third kappa shape index (κ3) is 4.32. The Balaban J connectivity index is 1.94. The molecule has 1 amide bonds. The van der Waals surface area contributed by atoms with Crippen molar-refractivity contribution in [3.05, 3.63) is 41.5 Å². The summed E-state index contributed by atoms with van der Waals surface area (Å²) in [7, 11) is 0. The van der Waals surface area contributed by atoms with Crippen LogP contribution in [-0.4, -0.2) is 34.9 Å². The van der Waals surface area contributed by atoms with Crippen molar-refractivity contribution in [1.82, 2.24) is 4.90 Å². The molecule has 0 bridgehead atoms. The van der Waals surface area contributed by atoms with Crippen molar-refractivity contribution in [3.63, 3.8) is 0 Å². The van der Waals surface area contributed by atoms with E-state index >= 15 is 0 Å². The molecule has 1 atom stereocenters. The Labute approximate surface area is 162 Å². The largest absolute Gasteiger partial charge is 0.444 e. The minimum atomic E-state index is -0.487. The molecule has 1 saturated heterocycles. The molecule has 0 aliphatic carbocycles. The van der Waals surface area contributed by atoms with E-state index in [9.17, 15) is 4.79 Å². The van der Waals surface area contributed by atoms with Gasteiger partial charge in [0.1, 0.15) is 5.60 Å². The normalized spacial score (nSPS) is 18.2. The van der Waals surface area contributed by atoms with Crippen molar-refractivity contribution in [2.75, 3.05) is 6.54 Å². The second-order valence-electron chi connectivity index (χ2n) is 8.54. The smallest absolute Gasteiger partial charge is 0.410 e. The van der Waals surface area contributed by atoms with Gasteiger partial charge in [-0.2, -0.15) is 0 Å². The molecule has 1 heterocycles. The van der Waals surface area contributed by atoms with Crippen molar-refractivity contribution < 1.29 is 9.53 Å². The predicted octanol–water partition coefficient (Wildman–Crippen LogP) is 5.95. The zero-order valence-electron chi connectivity index (χ0n) is 17.3. The van der Waals surface area contributed by atoms with Gasteiger partial charge in [0.15, 0.2) is 0 Å². The second kappa shape index (κ2) is 7.34. The van der Waals surface area contributed by atoms with Gasteiger partial charge in [-0.25, -0.2) is 4.79 Å². The Hall–Kier alpha value is -2.36. The molecule has 4 nitrogen and oxygen atoms in total. The quantitative estimate of drug-likeness (QED) is 0.616. The maximum absolute atomic E-state index is 12.6. The molecule has 0 N–H and O–H groups in total. The van der Waals surface area contributed by atoms with Crippen LogP contribution in [0.15, 0.2) is 35.3 Å². The fraction of sp³-hybridized carbons (Fsp3) is 0.478. The fourth-order valence-corrected chi connectivity index (χ4v) is 3.68. The number of benzene rings is 2. The fourth-order valence-electron chi connectivity index (χ4n) is 3.68. The molecule has 144 valence electrons. The number of aliphatic imine (C=N–C) groups is 1. The highest BCUT2D eigenvalue weighted by atomic mass is 16.6. The number of carbonyl (C=O) groups is 1. The van der Waals surface area contributed by atoms with E-state index in [1.54, 1.807) is 0 Å². The van der Waals surface area contributed by atoms with E-state index in [0.717, 1.165) is 41.7 Å². The maximum Gasteiger partial charge on any atom is 0.410 e. The lowest BCUT2D eigenvalue weighted by atomic mass is 10.0. The summed E-state index contributed by atoms with van der Waals surface area (Å²) >= 11 is 0. The van der Waals surface area contributed by atoms with Crippen LogP contribution >= 0.6 is 0 Å². The average molecular weight is 367 g/mol. The average Bonchev–Trinajstić information content (AvgIpc) is 3.06. The van der Waals surface area contributed by atoms with Gasteiger partial charge in [-0.1, -0.05) is 35.9 Å². The highest BCUT2D eigenvalue weighted by Gasteiger charge is 2.33. The van der Waals surface area contributed by atoms with E-state index in [0.29, 0.717) is 0 Å². The Morgan fingerprint density at radius 3 is 2.63 bits per heavy atom. The standard InChI is InChI=1S/C23H30N2O2/c1-15-9-12-19-18(14-15)11-10-16(2)21(19)24-17(3)20-8-7-13-25(20)22(26)27-23(4,5)6/h9-12,14,20H,7-8,13H2,1-6H3/b24-17+. The summed E-state index contributed by atoms with van der Waals surface area (Å²) in [6.45, 7) is 12.6. The Morgan fingerprint density at radius 1 is 1.19 bits per heavy atom. The number of hydrogen-bond donors (Lipinski definition) is 0. The molecule has 3 rings (SSSR count). The van der Waals surface area contributed by atoms with Crippen LogP contribution in [0.4, 0.5) is 10.5 Å². The van der Waals surface area contributed by atoms with E-state index in [1.807, 2.05) is 32.6 Å². The maximum atomic E-state index is 12.6. The Bertz CT molecular complexity index is 893. The molecule has 0 aromatic heterocycles. The first-order valence-corrected chi connectivity index (χ1v) is 9.70. The van der Waals surface area contributed by atoms with Gasteiger partial charge in [0.2, 0.25) is 0 Å². The van der Waals surface area contributed by atoms with Crippen LogP contribution in [0.5, 0.6) is 0 Å². The summed E-state index contributed by atoms with van der Waals surface area (Å²) < 4.78 is 5.59. The van der Waals surface area contributed by atoms with Gasteiger partial charge in [0.25, 0.3) is 0 Å². The molecule has 1 aliphatic heterocycles. The molecule has 0 radical (unpaired) electrons. The first-order chi connectivity index (χ1) is 12.7. The molecule has 27 heavy (non-hydrogen) atoms. The van der Waals surface area contributed by atoms with Crippen molar-refractivity contribution in [3.8, 4) is 0 Å². The summed E-state index contributed by atoms with van der Waals surface area (Å²) in [5.74, 6) is 0. The third-order valence-electron chi connectivity index (χ3n) is 5.00. The number of amides is 1. The summed E-state index contributed by atoms with van der Waals surface area (Å²) in [5.41, 5.74) is 3.87. The van der Waals surface area contributed by atoms with Crippen molar-refractivity contribution in [2.24, 2.45) is 4.99 Å². The van der Waals surface area contributed by atoms with Gasteiger partial charge in [-0.05, 0) is 65.3 Å². The minimum absolute atomic E-state index is 0.0000421. The van der Waals surface area contributed by atoms with Crippen LogP contribution in [0.25, 0.3) is 10.8 Å². The zero-order chi connectivity index (χ0) is 19.8. The van der Waals surface area contributed by atoms with Crippen molar-refractivity contribution in [1.29, 1.82) is 0 Å². The van der Waals surface area contributed by atoms with E-state index in [2.05, 4.69) is 44.2 Å². The van der Waals surface area contributed by atoms with Gasteiger partial charge in [0.05, 0.1) is 11.7 Å². The van der Waals surface area contributed by atoms with Crippen LogP contribution in [0.3, 0.4) is 0 Å². The first kappa shape index (κ1) is 19.4. The van der Waals surface area contributed by atoms with Gasteiger partial charge in [-0.15, -0.1) is 0 Å². The third-order valence-corrected chi connectivity index (χ3v) is 5.00. The van der Waals surface area contributed by atoms with Crippen molar-refractivity contribution >= 4 is 28.3 Å². The van der Waals surface area contributed by atoms with Gasteiger partial charge in [-0.3, -0.25) is 9.89 Å². The molecule has 4 heteroatoms. The SMILES string of the molecule is C/C(=N\c1c(C)ccc2cc(C)ccc12)C1CCCN1C(=O)OC(C)(C)C. The predicted molar refractivity (Wildman–Crippen MR) is 112 cm³/mol. The number of ether oxygens (including phenoxy) is 1. The first-order valence-electron chi connectivity index (χ1n) is 9.70. The number of hydrogen-bond acceptors (Lipinski definition) is 3. The van der Waals surface area contributed by atoms with Crippen LogP contribution < -0.4 is 0 Å². The lowest BCUT2D eigenvalue weighted by Crippen LogP contribution is -2.42. The second-order valence-corrected chi connectivity index (χ2v) is 8.54. The molecule has 1 aliphatic rings. The summed E-state index contributed by atoms with van der Waals surface area (Å²) in [5, 5.41) is 2.35. The number of likely N-dealkylation sites (tertiary alicyclic amines) is 1. The summed E-state index contributed by atoms with van der Waals surface area (Å²) in [6.07, 6.45) is 1.66. The Morgan fingerprint density at radius 2 is 1.93 bits per heavy atom. The van der Waals surface area contributed by atoms with Crippen LogP contribution in [0.1, 0.15) is 51.7 Å². The van der Waals surface area contributed by atoms with E-state index in [1.165, 1.54) is 10.9 Å². The minimum Gasteiger partial charge on any atom is -0.444 e. The number of fused-ring (bicyclic) bond motifs is 1. The number of nitrogens with zero attached hydrogens (tertiary/aromatic N) is 2. The molecule has 0 spiro atoms. The molecular formula is C23H30N2O2. The monoisotopic (exact) mass is 366 g/mol. The van der Waals surface area contributed by atoms with Gasteiger partial charge in [0, 0.05) is 17.6 Å². The highest BCUT2D eigenvalue weighted by molar-refractivity contribution is 5.99. The molecular weight excluding hydrogens is 336 g/mol. The molecule has 2 aromatic rings. The summed E-state index contributed by atoms with van der Waals surface area (Å²) in [4.78, 5) is 19.4. The van der Waals surface area contributed by atoms with Gasteiger partial charge < -0.3 is 4.74 Å². The molecule has 0 saturated carbocycles. The molecule has 1 fully saturated rings. The summed E-state index contributed by atoms with van der Waals surface area (Å²) in [6, 6.07) is 10.7. The zero-order valence-corrected chi connectivity index (χ0v) is 17.3. The van der Waals surface area contributed by atoms with Crippen molar-refractivity contribution in [2.45, 2.75) is 66.0 Å². The molecule has 2 aromatic carbocycles. The van der Waals surface area contributed by atoms with E-state index in [-0.39, 0.29) is 12.1 Å². The topological polar surface area (TPSA) is 41.9 Å². The van der Waals surface area contributed by atoms with Gasteiger partial charge >= 0.3 is 6.09 Å².